The average Bonchev–Trinajstić information content (AvgIpc) is 2.00. The molecular weight excluding hydrogens is 150 g/mol. The van der Waals surface area contributed by atoms with Crippen molar-refractivity contribution in [2.75, 3.05) is 7.05 Å². The van der Waals surface area contributed by atoms with Crippen LogP contribution in [0.1, 0.15) is 33.6 Å². The zero-order valence-corrected chi connectivity index (χ0v) is 8.50. The predicted octanol–water partition coefficient (Wildman–Crippen LogP) is 1.69. The molecule has 1 fully saturated rings. The molecule has 0 bridgehead atoms. The van der Waals surface area contributed by atoms with E-state index in [2.05, 4.69) is 25.8 Å². The Morgan fingerprint density at radius 2 is 1.92 bits per heavy atom. The van der Waals surface area contributed by atoms with E-state index in [9.17, 15) is 4.79 Å². The van der Waals surface area contributed by atoms with Crippen molar-refractivity contribution in [3.8, 4) is 0 Å². The van der Waals surface area contributed by atoms with E-state index in [1.165, 1.54) is 6.42 Å². The highest BCUT2D eigenvalue weighted by Crippen LogP contribution is 2.26. The molecule has 0 aliphatic carbocycles. The number of hydrogen-bond acceptors (Lipinski definition) is 2. The Bertz CT molecular complexity index is 179. The van der Waals surface area contributed by atoms with Crippen molar-refractivity contribution in [1.82, 2.24) is 4.90 Å². The van der Waals surface area contributed by atoms with Gasteiger partial charge in [-0.2, -0.15) is 0 Å². The fourth-order valence-electron chi connectivity index (χ4n) is 2.04. The molecular formula is C10H19NO. The van der Waals surface area contributed by atoms with Crippen LogP contribution in [0, 0.1) is 5.92 Å². The van der Waals surface area contributed by atoms with Crippen LogP contribution in [0.15, 0.2) is 0 Å². The quantitative estimate of drug-likeness (QED) is 0.595. The predicted molar refractivity (Wildman–Crippen MR) is 50.1 cm³/mol. The summed E-state index contributed by atoms with van der Waals surface area (Å²) in [5.74, 6) is 1.04. The Morgan fingerprint density at radius 3 is 2.42 bits per heavy atom. The van der Waals surface area contributed by atoms with E-state index in [0.717, 1.165) is 12.3 Å². The third kappa shape index (κ3) is 1.69. The van der Waals surface area contributed by atoms with Crippen molar-refractivity contribution in [1.29, 1.82) is 0 Å². The van der Waals surface area contributed by atoms with Gasteiger partial charge in [-0.25, -0.2) is 0 Å². The monoisotopic (exact) mass is 169 g/mol. The second-order valence-electron chi connectivity index (χ2n) is 4.09. The van der Waals surface area contributed by atoms with Crippen LogP contribution in [0.5, 0.6) is 0 Å². The lowest BCUT2D eigenvalue weighted by Crippen LogP contribution is -2.49. The summed E-state index contributed by atoms with van der Waals surface area (Å²) < 4.78 is 0. The van der Waals surface area contributed by atoms with E-state index >= 15 is 0 Å². The molecule has 0 amide bonds. The molecule has 1 aliphatic heterocycles. The van der Waals surface area contributed by atoms with E-state index in [1.54, 1.807) is 6.92 Å². The number of Topliss-reactive ketones (excluding diaryl/α,β-unsaturated/α-hetero) is 1. The van der Waals surface area contributed by atoms with Gasteiger partial charge in [0, 0.05) is 6.04 Å². The molecule has 2 nitrogen and oxygen atoms in total. The lowest BCUT2D eigenvalue weighted by atomic mass is 9.87. The van der Waals surface area contributed by atoms with Crippen LogP contribution in [0.2, 0.25) is 0 Å². The van der Waals surface area contributed by atoms with Gasteiger partial charge in [0.2, 0.25) is 0 Å². The zero-order chi connectivity index (χ0) is 9.30. The summed E-state index contributed by atoms with van der Waals surface area (Å²) in [7, 11) is 2.06. The van der Waals surface area contributed by atoms with Gasteiger partial charge in [0.15, 0.2) is 0 Å². The molecule has 1 saturated heterocycles. The van der Waals surface area contributed by atoms with Crippen molar-refractivity contribution < 1.29 is 4.79 Å². The first-order chi connectivity index (χ1) is 5.54. The molecule has 12 heavy (non-hydrogen) atoms. The number of hydrogen-bond donors (Lipinski definition) is 0. The first-order valence-electron chi connectivity index (χ1n) is 4.76. The second kappa shape index (κ2) is 3.56. The van der Waals surface area contributed by atoms with E-state index in [1.807, 2.05) is 0 Å². The van der Waals surface area contributed by atoms with Gasteiger partial charge >= 0.3 is 0 Å². The maximum atomic E-state index is 11.2. The summed E-state index contributed by atoms with van der Waals surface area (Å²) in [5.41, 5.74) is 0. The average molecular weight is 169 g/mol. The standard InChI is InChI=1S/C10H19NO/c1-7-5-6-10(9(3)12)11(4)8(7)2/h7-8,10H,5-6H2,1-4H3. The molecule has 3 atom stereocenters. The van der Waals surface area contributed by atoms with E-state index < -0.39 is 0 Å². The number of carbonyl (C=O) groups excluding carboxylic acids is 1. The van der Waals surface area contributed by atoms with Gasteiger partial charge in [0.05, 0.1) is 6.04 Å². The lowest BCUT2D eigenvalue weighted by Gasteiger charge is -2.40. The number of piperidine rings is 1. The number of likely N-dealkylation sites (tertiary alicyclic amines) is 1. The van der Waals surface area contributed by atoms with Gasteiger partial charge in [0.25, 0.3) is 0 Å². The number of likely N-dealkylation sites (N-methyl/N-ethyl adjacent to an activating group) is 1. The minimum absolute atomic E-state index is 0.177. The van der Waals surface area contributed by atoms with Crippen LogP contribution < -0.4 is 0 Å². The summed E-state index contributed by atoms with van der Waals surface area (Å²) in [6.07, 6.45) is 2.23. The summed E-state index contributed by atoms with van der Waals surface area (Å²) >= 11 is 0. The fraction of sp³-hybridized carbons (Fsp3) is 0.900. The minimum Gasteiger partial charge on any atom is -0.298 e. The molecule has 1 aliphatic rings. The molecule has 0 aromatic rings. The molecule has 70 valence electrons. The Kier molecular flexibility index (Phi) is 2.89. The van der Waals surface area contributed by atoms with Crippen LogP contribution in [0.25, 0.3) is 0 Å². The minimum atomic E-state index is 0.177. The van der Waals surface area contributed by atoms with Crippen LogP contribution in [0.4, 0.5) is 0 Å². The van der Waals surface area contributed by atoms with Crippen LogP contribution >= 0.6 is 0 Å². The molecule has 1 heterocycles. The highest BCUT2D eigenvalue weighted by molar-refractivity contribution is 5.81. The van der Waals surface area contributed by atoms with E-state index in [0.29, 0.717) is 11.8 Å². The van der Waals surface area contributed by atoms with E-state index in [4.69, 9.17) is 0 Å². The number of rotatable bonds is 1. The van der Waals surface area contributed by atoms with Gasteiger partial charge in [-0.05, 0) is 39.7 Å². The van der Waals surface area contributed by atoms with Crippen LogP contribution in [-0.4, -0.2) is 29.8 Å². The number of ketones is 1. The first kappa shape index (κ1) is 9.72. The van der Waals surface area contributed by atoms with Gasteiger partial charge in [0.1, 0.15) is 5.78 Å². The van der Waals surface area contributed by atoms with E-state index in [-0.39, 0.29) is 6.04 Å². The maximum Gasteiger partial charge on any atom is 0.146 e. The summed E-state index contributed by atoms with van der Waals surface area (Å²) in [5, 5.41) is 0. The third-order valence-electron chi connectivity index (χ3n) is 3.32. The normalized spacial score (nSPS) is 38.2. The van der Waals surface area contributed by atoms with Gasteiger partial charge < -0.3 is 0 Å². The van der Waals surface area contributed by atoms with Gasteiger partial charge in [-0.1, -0.05) is 6.92 Å². The number of nitrogens with zero attached hydrogens (tertiary/aromatic N) is 1. The highest BCUT2D eigenvalue weighted by Gasteiger charge is 2.31. The second-order valence-corrected chi connectivity index (χ2v) is 4.09. The first-order valence-corrected chi connectivity index (χ1v) is 4.76. The van der Waals surface area contributed by atoms with Crippen molar-refractivity contribution in [3.63, 3.8) is 0 Å². The van der Waals surface area contributed by atoms with Gasteiger partial charge in [-0.3, -0.25) is 9.69 Å². The topological polar surface area (TPSA) is 20.3 Å². The molecule has 1 rings (SSSR count). The van der Waals surface area contributed by atoms with Gasteiger partial charge in [-0.15, -0.1) is 0 Å². The molecule has 0 spiro atoms. The lowest BCUT2D eigenvalue weighted by molar-refractivity contribution is -0.124. The highest BCUT2D eigenvalue weighted by atomic mass is 16.1. The van der Waals surface area contributed by atoms with Crippen LogP contribution in [-0.2, 0) is 4.79 Å². The maximum absolute atomic E-state index is 11.2. The summed E-state index contributed by atoms with van der Waals surface area (Å²) in [6.45, 7) is 6.17. The molecule has 0 saturated carbocycles. The van der Waals surface area contributed by atoms with Crippen molar-refractivity contribution in [2.24, 2.45) is 5.92 Å². The summed E-state index contributed by atoms with van der Waals surface area (Å²) in [4.78, 5) is 13.4. The molecule has 0 N–H and O–H groups in total. The van der Waals surface area contributed by atoms with Crippen molar-refractivity contribution in [2.45, 2.75) is 45.7 Å². The zero-order valence-electron chi connectivity index (χ0n) is 8.50. The fourth-order valence-corrected chi connectivity index (χ4v) is 2.04. The Balaban J connectivity index is 2.65. The van der Waals surface area contributed by atoms with Crippen molar-refractivity contribution >= 4 is 5.78 Å². The Labute approximate surface area is 74.9 Å². The SMILES string of the molecule is CC(=O)C1CCC(C)C(C)N1C. The third-order valence-corrected chi connectivity index (χ3v) is 3.32. The molecule has 0 aromatic carbocycles. The molecule has 2 heteroatoms. The molecule has 0 radical (unpaired) electrons. The van der Waals surface area contributed by atoms with Crippen molar-refractivity contribution in [3.05, 3.63) is 0 Å². The Hall–Kier alpha value is -0.370. The largest absolute Gasteiger partial charge is 0.298 e. The molecule has 3 unspecified atom stereocenters. The molecule has 0 aromatic heterocycles. The smallest absolute Gasteiger partial charge is 0.146 e. The summed E-state index contributed by atoms with van der Waals surface area (Å²) in [6, 6.07) is 0.726. The Morgan fingerprint density at radius 1 is 1.33 bits per heavy atom. The van der Waals surface area contributed by atoms with Crippen LogP contribution in [0.3, 0.4) is 0 Å². The number of carbonyl (C=O) groups is 1.